The van der Waals surface area contributed by atoms with E-state index in [2.05, 4.69) is 0 Å². The van der Waals surface area contributed by atoms with E-state index in [1.807, 2.05) is 58.0 Å². The lowest BCUT2D eigenvalue weighted by Gasteiger charge is -2.32. The summed E-state index contributed by atoms with van der Waals surface area (Å²) in [4.78, 5) is 0. The van der Waals surface area contributed by atoms with Gasteiger partial charge < -0.3 is 20.1 Å². The molecule has 1 aliphatic heterocycles. The Morgan fingerprint density at radius 1 is 1.18 bits per heavy atom. The third kappa shape index (κ3) is 3.44. The van der Waals surface area contributed by atoms with Gasteiger partial charge in [-0.15, -0.1) is 0 Å². The molecule has 1 fully saturated rings. The van der Waals surface area contributed by atoms with Crippen molar-refractivity contribution in [2.24, 2.45) is 5.73 Å². The van der Waals surface area contributed by atoms with Crippen LogP contribution in [0.4, 0.5) is 0 Å². The molecule has 120 valence electrons. The van der Waals surface area contributed by atoms with Crippen molar-refractivity contribution in [1.82, 2.24) is 0 Å². The Labute approximate surface area is 133 Å². The minimum absolute atomic E-state index is 0.124. The number of hydrogen-bond donors (Lipinski definition) is 2. The molecule has 0 unspecified atom stereocenters. The molecule has 1 aliphatic rings. The summed E-state index contributed by atoms with van der Waals surface area (Å²) in [6, 6.07) is 7.98. The van der Waals surface area contributed by atoms with Gasteiger partial charge in [-0.2, -0.15) is 0 Å². The topological polar surface area (TPSA) is 64.7 Å². The van der Waals surface area contributed by atoms with E-state index in [9.17, 15) is 5.11 Å². The fourth-order valence-electron chi connectivity index (χ4n) is 2.44. The second-order valence-electron chi connectivity index (χ2n) is 6.68. The first kappa shape index (κ1) is 17.2. The third-order valence-electron chi connectivity index (χ3n) is 4.57. The first-order valence-electron chi connectivity index (χ1n) is 7.75. The van der Waals surface area contributed by atoms with Gasteiger partial charge >= 0.3 is 7.12 Å². The first-order valence-corrected chi connectivity index (χ1v) is 7.75. The van der Waals surface area contributed by atoms with E-state index in [4.69, 9.17) is 15.0 Å². The van der Waals surface area contributed by atoms with Crippen molar-refractivity contribution in [3.05, 3.63) is 40.9 Å². The number of aliphatic hydroxyl groups is 1. The lowest BCUT2D eigenvalue weighted by Crippen LogP contribution is -2.41. The first-order chi connectivity index (χ1) is 10.3. The zero-order chi connectivity index (χ0) is 16.4. The minimum Gasteiger partial charge on any atom is -0.400 e. The highest BCUT2D eigenvalue weighted by Crippen LogP contribution is 2.38. The standard InChI is InChI=1S/C17H26BNO3/c1-16(2)17(3,4)22-18(21-16)15(12-19)11-14-8-6-5-7-13(14)9-10-20/h5-8,11,20H,9-10,12,19H2,1-4H3. The zero-order valence-electron chi connectivity index (χ0n) is 13.9. The Morgan fingerprint density at radius 3 is 2.32 bits per heavy atom. The number of rotatable bonds is 5. The average molecular weight is 303 g/mol. The van der Waals surface area contributed by atoms with E-state index in [-0.39, 0.29) is 17.8 Å². The molecule has 5 heteroatoms. The summed E-state index contributed by atoms with van der Waals surface area (Å²) in [5, 5.41) is 9.19. The molecule has 0 aliphatic carbocycles. The zero-order valence-corrected chi connectivity index (χ0v) is 13.9. The van der Waals surface area contributed by atoms with Crippen molar-refractivity contribution in [2.45, 2.75) is 45.3 Å². The fourth-order valence-corrected chi connectivity index (χ4v) is 2.44. The Balaban J connectivity index is 2.30. The largest absolute Gasteiger partial charge is 0.491 e. The summed E-state index contributed by atoms with van der Waals surface area (Å²) < 4.78 is 12.1. The lowest BCUT2D eigenvalue weighted by molar-refractivity contribution is 0.00578. The monoisotopic (exact) mass is 303 g/mol. The maximum atomic E-state index is 9.19. The fraction of sp³-hybridized carbons (Fsp3) is 0.529. The van der Waals surface area contributed by atoms with Crippen molar-refractivity contribution in [3.8, 4) is 0 Å². The smallest absolute Gasteiger partial charge is 0.400 e. The van der Waals surface area contributed by atoms with Crippen LogP contribution in [0.25, 0.3) is 6.08 Å². The third-order valence-corrected chi connectivity index (χ3v) is 4.57. The Kier molecular flexibility index (Phi) is 5.12. The number of hydrogen-bond acceptors (Lipinski definition) is 4. The minimum atomic E-state index is -0.433. The van der Waals surface area contributed by atoms with Crippen molar-refractivity contribution < 1.29 is 14.4 Å². The number of benzene rings is 1. The molecule has 2 rings (SSSR count). The van der Waals surface area contributed by atoms with Crippen molar-refractivity contribution >= 4 is 13.2 Å². The number of nitrogens with two attached hydrogens (primary N) is 1. The lowest BCUT2D eigenvalue weighted by atomic mass is 9.76. The van der Waals surface area contributed by atoms with Gasteiger partial charge in [-0.25, -0.2) is 0 Å². The van der Waals surface area contributed by atoms with E-state index in [1.165, 1.54) is 0 Å². The molecule has 1 heterocycles. The van der Waals surface area contributed by atoms with Crippen LogP contribution in [0.1, 0.15) is 38.8 Å². The molecule has 1 aromatic carbocycles. The Hall–Kier alpha value is -1.14. The highest BCUT2D eigenvalue weighted by atomic mass is 16.7. The van der Waals surface area contributed by atoms with Gasteiger partial charge in [0, 0.05) is 13.2 Å². The molecule has 4 nitrogen and oxygen atoms in total. The van der Waals surface area contributed by atoms with Gasteiger partial charge in [0.25, 0.3) is 0 Å². The van der Waals surface area contributed by atoms with Crippen LogP contribution >= 0.6 is 0 Å². The van der Waals surface area contributed by atoms with Gasteiger partial charge in [0.2, 0.25) is 0 Å². The van der Waals surface area contributed by atoms with E-state index in [0.717, 1.165) is 16.6 Å². The quantitative estimate of drug-likeness (QED) is 0.819. The predicted molar refractivity (Wildman–Crippen MR) is 90.3 cm³/mol. The molecule has 0 bridgehead atoms. The summed E-state index contributed by atoms with van der Waals surface area (Å²) in [5.41, 5.74) is 8.21. The normalized spacial score (nSPS) is 20.5. The Morgan fingerprint density at radius 2 is 1.77 bits per heavy atom. The second kappa shape index (κ2) is 6.55. The van der Waals surface area contributed by atoms with E-state index >= 15 is 0 Å². The molecule has 0 aromatic heterocycles. The molecule has 0 spiro atoms. The van der Waals surface area contributed by atoms with Crippen LogP contribution in [-0.4, -0.2) is 36.6 Å². The summed E-state index contributed by atoms with van der Waals surface area (Å²) in [6.07, 6.45) is 2.64. The Bertz CT molecular complexity index is 539. The van der Waals surface area contributed by atoms with Crippen LogP contribution in [0.15, 0.2) is 29.7 Å². The van der Waals surface area contributed by atoms with Gasteiger partial charge in [-0.05, 0) is 50.7 Å². The van der Waals surface area contributed by atoms with Crippen molar-refractivity contribution in [3.63, 3.8) is 0 Å². The summed E-state index contributed by atoms with van der Waals surface area (Å²) in [5.74, 6) is 0. The van der Waals surface area contributed by atoms with Crippen LogP contribution in [0, 0.1) is 0 Å². The maximum Gasteiger partial charge on any atom is 0.491 e. The maximum absolute atomic E-state index is 9.19. The molecular weight excluding hydrogens is 277 g/mol. The number of aliphatic hydroxyl groups excluding tert-OH is 1. The van der Waals surface area contributed by atoms with Gasteiger partial charge in [0.05, 0.1) is 11.2 Å². The predicted octanol–water partition coefficient (Wildman–Crippen LogP) is 2.19. The molecule has 0 amide bonds. The van der Waals surface area contributed by atoms with Gasteiger partial charge in [0.15, 0.2) is 0 Å². The van der Waals surface area contributed by atoms with E-state index in [0.29, 0.717) is 13.0 Å². The highest BCUT2D eigenvalue weighted by molar-refractivity contribution is 6.55. The molecule has 3 N–H and O–H groups in total. The van der Waals surface area contributed by atoms with Gasteiger partial charge in [-0.3, -0.25) is 0 Å². The SMILES string of the molecule is CC1(C)OB(C(=Cc2ccccc2CCO)CN)OC1(C)C. The second-order valence-corrected chi connectivity index (χ2v) is 6.68. The molecule has 1 aromatic rings. The molecule has 0 atom stereocenters. The van der Waals surface area contributed by atoms with Gasteiger partial charge in [0.1, 0.15) is 0 Å². The van der Waals surface area contributed by atoms with Crippen molar-refractivity contribution in [1.29, 1.82) is 0 Å². The van der Waals surface area contributed by atoms with Crippen LogP contribution < -0.4 is 5.73 Å². The molecule has 0 saturated carbocycles. The van der Waals surface area contributed by atoms with Gasteiger partial charge in [-0.1, -0.05) is 30.3 Å². The molecule has 22 heavy (non-hydrogen) atoms. The molecule has 0 radical (unpaired) electrons. The van der Waals surface area contributed by atoms with E-state index in [1.54, 1.807) is 0 Å². The summed E-state index contributed by atoms with van der Waals surface area (Å²) >= 11 is 0. The average Bonchev–Trinajstić information content (AvgIpc) is 2.66. The molecular formula is C17H26BNO3. The molecule has 1 saturated heterocycles. The highest BCUT2D eigenvalue weighted by Gasteiger charge is 2.52. The summed E-state index contributed by atoms with van der Waals surface area (Å²) in [7, 11) is -0.433. The van der Waals surface area contributed by atoms with Crippen LogP contribution in [0.5, 0.6) is 0 Å². The summed E-state index contributed by atoms with van der Waals surface area (Å²) in [6.45, 7) is 8.60. The van der Waals surface area contributed by atoms with Crippen LogP contribution in [0.2, 0.25) is 0 Å². The van der Waals surface area contributed by atoms with Crippen LogP contribution in [0.3, 0.4) is 0 Å². The van der Waals surface area contributed by atoms with Crippen molar-refractivity contribution in [2.75, 3.05) is 13.2 Å². The van der Waals surface area contributed by atoms with Crippen LogP contribution in [-0.2, 0) is 15.7 Å². The van der Waals surface area contributed by atoms with E-state index < -0.39 is 7.12 Å².